The lowest BCUT2D eigenvalue weighted by molar-refractivity contribution is -0.151. The topological polar surface area (TPSA) is 68.3 Å². The van der Waals surface area contributed by atoms with E-state index in [1.165, 1.54) is 16.9 Å². The van der Waals surface area contributed by atoms with E-state index in [1.807, 2.05) is 23.6 Å². The first kappa shape index (κ1) is 18.3. The van der Waals surface area contributed by atoms with Crippen molar-refractivity contribution in [2.75, 3.05) is 11.9 Å². The van der Waals surface area contributed by atoms with Crippen molar-refractivity contribution in [1.29, 1.82) is 0 Å². The molecule has 1 N–H and O–H groups in total. The molecule has 1 heterocycles. The fourth-order valence-electron chi connectivity index (χ4n) is 2.79. The number of aryl methyl sites for hydroxylation is 1. The van der Waals surface area contributed by atoms with Gasteiger partial charge in [0.25, 0.3) is 5.91 Å². The molecule has 1 amide bonds. The third-order valence-corrected chi connectivity index (χ3v) is 5.11. The molecule has 3 rings (SSSR count). The summed E-state index contributed by atoms with van der Waals surface area (Å²) in [6.07, 6.45) is 7.39. The van der Waals surface area contributed by atoms with Crippen LogP contribution < -0.4 is 5.32 Å². The summed E-state index contributed by atoms with van der Waals surface area (Å²) in [7, 11) is 0. The Bertz CT molecular complexity index is 796. The molecule has 1 aliphatic carbocycles. The summed E-state index contributed by atoms with van der Waals surface area (Å²) in [5, 5.41) is 5.09. The molecule has 1 unspecified atom stereocenters. The zero-order valence-corrected chi connectivity index (χ0v) is 15.6. The number of amides is 1. The van der Waals surface area contributed by atoms with Crippen LogP contribution in [-0.2, 0) is 20.7 Å². The van der Waals surface area contributed by atoms with Crippen LogP contribution >= 0.6 is 11.3 Å². The predicted octanol–water partition coefficient (Wildman–Crippen LogP) is 4.21. The Morgan fingerprint density at radius 2 is 2.08 bits per heavy atom. The van der Waals surface area contributed by atoms with Crippen molar-refractivity contribution in [2.24, 2.45) is 5.92 Å². The molecular weight excluding hydrogens is 348 g/mol. The summed E-state index contributed by atoms with van der Waals surface area (Å²) >= 11 is 1.35. The van der Waals surface area contributed by atoms with Crippen molar-refractivity contribution < 1.29 is 14.3 Å². The summed E-state index contributed by atoms with van der Waals surface area (Å²) in [5.74, 6) is -0.808. The molecule has 0 radical (unpaired) electrons. The van der Waals surface area contributed by atoms with E-state index in [-0.39, 0.29) is 24.4 Å². The van der Waals surface area contributed by atoms with Crippen molar-refractivity contribution in [2.45, 2.75) is 32.6 Å². The lowest BCUT2D eigenvalue weighted by Crippen LogP contribution is -2.25. The SMILES string of the molecule is CCc1ccc(-c2csc(NC(=O)COC(=O)C3CC=CCC3)n2)cc1. The molecule has 2 aromatic rings. The van der Waals surface area contributed by atoms with Gasteiger partial charge in [0.2, 0.25) is 0 Å². The monoisotopic (exact) mass is 370 g/mol. The molecule has 1 aromatic carbocycles. The van der Waals surface area contributed by atoms with E-state index < -0.39 is 0 Å². The van der Waals surface area contributed by atoms with Crippen LogP contribution in [0.1, 0.15) is 31.7 Å². The first-order chi connectivity index (χ1) is 12.7. The van der Waals surface area contributed by atoms with E-state index in [2.05, 4.69) is 35.4 Å². The van der Waals surface area contributed by atoms with E-state index >= 15 is 0 Å². The third kappa shape index (κ3) is 4.79. The standard InChI is InChI=1S/C20H22N2O3S/c1-2-14-8-10-15(11-9-14)17-13-26-20(21-17)22-18(23)12-25-19(24)16-6-4-3-5-7-16/h3-4,8-11,13,16H,2,5-7,12H2,1H3,(H,21,22,23). The molecule has 6 heteroatoms. The fourth-order valence-corrected chi connectivity index (χ4v) is 3.53. The third-order valence-electron chi connectivity index (χ3n) is 4.36. The highest BCUT2D eigenvalue weighted by atomic mass is 32.1. The lowest BCUT2D eigenvalue weighted by Gasteiger charge is -2.15. The number of hydrogen-bond acceptors (Lipinski definition) is 5. The zero-order valence-electron chi connectivity index (χ0n) is 14.7. The molecule has 1 aromatic heterocycles. The second-order valence-electron chi connectivity index (χ2n) is 6.23. The van der Waals surface area contributed by atoms with Gasteiger partial charge in [-0.3, -0.25) is 14.9 Å². The van der Waals surface area contributed by atoms with Crippen LogP contribution in [0, 0.1) is 5.92 Å². The number of carbonyl (C=O) groups excluding carboxylic acids is 2. The molecule has 1 aliphatic rings. The van der Waals surface area contributed by atoms with Crippen LogP contribution in [0.25, 0.3) is 11.3 Å². The van der Waals surface area contributed by atoms with Crippen LogP contribution in [-0.4, -0.2) is 23.5 Å². The Morgan fingerprint density at radius 3 is 2.77 bits per heavy atom. The molecule has 26 heavy (non-hydrogen) atoms. The van der Waals surface area contributed by atoms with E-state index in [0.717, 1.165) is 30.5 Å². The highest BCUT2D eigenvalue weighted by Crippen LogP contribution is 2.25. The predicted molar refractivity (Wildman–Crippen MR) is 103 cm³/mol. The van der Waals surface area contributed by atoms with E-state index in [0.29, 0.717) is 11.6 Å². The van der Waals surface area contributed by atoms with E-state index in [4.69, 9.17) is 4.74 Å². The van der Waals surface area contributed by atoms with E-state index in [1.54, 1.807) is 0 Å². The number of nitrogens with zero attached hydrogens (tertiary/aromatic N) is 1. The molecule has 1 atom stereocenters. The number of rotatable bonds is 6. The molecule has 0 fully saturated rings. The lowest BCUT2D eigenvalue weighted by atomic mass is 9.95. The Hall–Kier alpha value is -2.47. The van der Waals surface area contributed by atoms with Gasteiger partial charge in [-0.25, -0.2) is 4.98 Å². The molecule has 5 nitrogen and oxygen atoms in total. The highest BCUT2D eigenvalue weighted by Gasteiger charge is 2.21. The molecule has 136 valence electrons. The van der Waals surface area contributed by atoms with E-state index in [9.17, 15) is 9.59 Å². The number of carbonyl (C=O) groups is 2. The van der Waals surface area contributed by atoms with Gasteiger partial charge in [-0.05, 0) is 31.2 Å². The number of ether oxygens (including phenoxy) is 1. The summed E-state index contributed by atoms with van der Waals surface area (Å²) < 4.78 is 5.12. The van der Waals surface area contributed by atoms with Crippen LogP contribution in [0.15, 0.2) is 41.8 Å². The minimum Gasteiger partial charge on any atom is -0.455 e. The van der Waals surface area contributed by atoms with Crippen molar-refractivity contribution in [1.82, 2.24) is 4.98 Å². The van der Waals surface area contributed by atoms with Gasteiger partial charge in [-0.1, -0.05) is 43.3 Å². The normalized spacial score (nSPS) is 16.3. The number of allylic oxidation sites excluding steroid dienone is 2. The molecular formula is C20H22N2O3S. The number of hydrogen-bond donors (Lipinski definition) is 1. The van der Waals surface area contributed by atoms with Crippen LogP contribution in [0.2, 0.25) is 0 Å². The number of anilines is 1. The van der Waals surface area contributed by atoms with Crippen molar-refractivity contribution in [3.63, 3.8) is 0 Å². The van der Waals surface area contributed by atoms with Gasteiger partial charge in [0.1, 0.15) is 0 Å². The summed E-state index contributed by atoms with van der Waals surface area (Å²) in [6, 6.07) is 8.21. The smallest absolute Gasteiger partial charge is 0.309 e. The number of aromatic nitrogens is 1. The summed E-state index contributed by atoms with van der Waals surface area (Å²) in [4.78, 5) is 28.4. The maximum Gasteiger partial charge on any atom is 0.309 e. The highest BCUT2D eigenvalue weighted by molar-refractivity contribution is 7.14. The van der Waals surface area contributed by atoms with Gasteiger partial charge in [-0.15, -0.1) is 11.3 Å². The van der Waals surface area contributed by atoms with Crippen molar-refractivity contribution >= 4 is 28.3 Å². The second-order valence-corrected chi connectivity index (χ2v) is 7.08. The van der Waals surface area contributed by atoms with Gasteiger partial charge in [0.05, 0.1) is 11.6 Å². The van der Waals surface area contributed by atoms with Gasteiger partial charge in [0.15, 0.2) is 11.7 Å². The Labute approximate surface area is 157 Å². The van der Waals surface area contributed by atoms with Crippen molar-refractivity contribution in [3.05, 3.63) is 47.4 Å². The fraction of sp³-hybridized carbons (Fsp3) is 0.350. The first-order valence-corrected chi connectivity index (χ1v) is 9.70. The second kappa shape index (κ2) is 8.76. The van der Waals surface area contributed by atoms with Gasteiger partial charge >= 0.3 is 5.97 Å². The first-order valence-electron chi connectivity index (χ1n) is 8.82. The number of esters is 1. The maximum absolute atomic E-state index is 12.0. The van der Waals surface area contributed by atoms with Crippen LogP contribution in [0.4, 0.5) is 5.13 Å². The summed E-state index contributed by atoms with van der Waals surface area (Å²) in [5.41, 5.74) is 3.10. The minimum absolute atomic E-state index is 0.134. The molecule has 0 spiro atoms. The number of benzene rings is 1. The van der Waals surface area contributed by atoms with Gasteiger partial charge < -0.3 is 4.74 Å². The molecule has 0 aliphatic heterocycles. The summed E-state index contributed by atoms with van der Waals surface area (Å²) in [6.45, 7) is 1.84. The Kier molecular flexibility index (Phi) is 6.17. The molecule has 0 saturated heterocycles. The molecule has 0 bridgehead atoms. The average Bonchev–Trinajstić information content (AvgIpc) is 3.15. The molecule has 0 saturated carbocycles. The minimum atomic E-state index is -0.369. The number of nitrogens with one attached hydrogen (secondary N) is 1. The Balaban J connectivity index is 1.50. The van der Waals surface area contributed by atoms with Crippen LogP contribution in [0.5, 0.6) is 0 Å². The van der Waals surface area contributed by atoms with Gasteiger partial charge in [-0.2, -0.15) is 0 Å². The Morgan fingerprint density at radius 1 is 1.27 bits per heavy atom. The van der Waals surface area contributed by atoms with Crippen LogP contribution in [0.3, 0.4) is 0 Å². The van der Waals surface area contributed by atoms with Crippen molar-refractivity contribution in [3.8, 4) is 11.3 Å². The quantitative estimate of drug-likeness (QED) is 0.611. The maximum atomic E-state index is 12.0. The zero-order chi connectivity index (χ0) is 18.4. The largest absolute Gasteiger partial charge is 0.455 e. The average molecular weight is 370 g/mol. The van der Waals surface area contributed by atoms with Gasteiger partial charge in [0, 0.05) is 10.9 Å². The number of thiazole rings is 1.